The van der Waals surface area contributed by atoms with Gasteiger partial charge in [-0.3, -0.25) is 4.79 Å². The zero-order valence-electron chi connectivity index (χ0n) is 12.6. The van der Waals surface area contributed by atoms with E-state index in [-0.39, 0.29) is 17.9 Å². The van der Waals surface area contributed by atoms with Crippen LogP contribution in [0.5, 0.6) is 0 Å². The van der Waals surface area contributed by atoms with Gasteiger partial charge in [-0.25, -0.2) is 0 Å². The molecule has 114 valence electrons. The number of rotatable bonds is 5. The fraction of sp³-hybridized carbons (Fsp3) is 0.611. The average molecular weight is 286 g/mol. The minimum absolute atomic E-state index is 0.192. The second kappa shape index (κ2) is 6.61. The molecule has 0 bridgehead atoms. The van der Waals surface area contributed by atoms with Gasteiger partial charge in [0, 0.05) is 5.92 Å². The van der Waals surface area contributed by atoms with Gasteiger partial charge in [0.2, 0.25) is 5.91 Å². The van der Waals surface area contributed by atoms with Gasteiger partial charge in [0.25, 0.3) is 0 Å². The first-order chi connectivity index (χ1) is 10.3. The number of benzene rings is 1. The maximum absolute atomic E-state index is 12.6. The number of carbonyl (C=O) groups is 1. The third kappa shape index (κ3) is 3.65. The second-order valence-corrected chi connectivity index (χ2v) is 6.69. The van der Waals surface area contributed by atoms with Crippen molar-refractivity contribution in [3.63, 3.8) is 0 Å². The Morgan fingerprint density at radius 1 is 1.10 bits per heavy atom. The first kappa shape index (κ1) is 14.6. The Kier molecular flexibility index (Phi) is 4.59. The molecule has 3 nitrogen and oxygen atoms in total. The predicted molar refractivity (Wildman–Crippen MR) is 84.6 cm³/mol. The molecule has 0 aromatic heterocycles. The minimum atomic E-state index is 0.192. The smallest absolute Gasteiger partial charge is 0.223 e. The average Bonchev–Trinajstić information content (AvgIpc) is 3.38. The topological polar surface area (TPSA) is 55.1 Å². The van der Waals surface area contributed by atoms with E-state index in [4.69, 9.17) is 5.73 Å². The number of amides is 1. The predicted octanol–water partition coefficient (Wildman–Crippen LogP) is 3.02. The summed E-state index contributed by atoms with van der Waals surface area (Å²) in [5.74, 6) is 1.71. The molecular weight excluding hydrogens is 260 g/mol. The molecule has 2 saturated carbocycles. The van der Waals surface area contributed by atoms with Crippen molar-refractivity contribution >= 4 is 5.91 Å². The lowest BCUT2D eigenvalue weighted by atomic mass is 9.81. The number of nitrogens with two attached hydrogens (primary N) is 1. The SMILES string of the molecule is NCC1CCC(C(=O)NC(c2ccccc2)C2CC2)CC1. The fourth-order valence-electron chi connectivity index (χ4n) is 3.49. The van der Waals surface area contributed by atoms with Crippen LogP contribution in [0.15, 0.2) is 30.3 Å². The van der Waals surface area contributed by atoms with E-state index in [1.165, 1.54) is 18.4 Å². The highest BCUT2D eigenvalue weighted by Crippen LogP contribution is 2.41. The fourth-order valence-corrected chi connectivity index (χ4v) is 3.49. The van der Waals surface area contributed by atoms with Crippen molar-refractivity contribution in [3.05, 3.63) is 35.9 Å². The number of hydrogen-bond acceptors (Lipinski definition) is 2. The Labute approximate surface area is 127 Å². The maximum atomic E-state index is 12.6. The van der Waals surface area contributed by atoms with E-state index in [2.05, 4.69) is 29.6 Å². The first-order valence-corrected chi connectivity index (χ1v) is 8.33. The molecule has 2 aliphatic rings. The third-order valence-electron chi connectivity index (χ3n) is 5.10. The Morgan fingerprint density at radius 2 is 1.76 bits per heavy atom. The molecule has 3 N–H and O–H groups in total. The van der Waals surface area contributed by atoms with Crippen LogP contribution in [-0.2, 0) is 4.79 Å². The van der Waals surface area contributed by atoms with Crippen molar-refractivity contribution in [2.75, 3.05) is 6.54 Å². The summed E-state index contributed by atoms with van der Waals surface area (Å²) in [6.07, 6.45) is 6.68. The molecule has 0 saturated heterocycles. The minimum Gasteiger partial charge on any atom is -0.349 e. The van der Waals surface area contributed by atoms with Crippen LogP contribution < -0.4 is 11.1 Å². The molecule has 3 heteroatoms. The maximum Gasteiger partial charge on any atom is 0.223 e. The van der Waals surface area contributed by atoms with Crippen molar-refractivity contribution in [1.29, 1.82) is 0 Å². The van der Waals surface area contributed by atoms with Gasteiger partial charge in [-0.15, -0.1) is 0 Å². The van der Waals surface area contributed by atoms with E-state index < -0.39 is 0 Å². The lowest BCUT2D eigenvalue weighted by Gasteiger charge is -2.29. The number of hydrogen-bond donors (Lipinski definition) is 2. The zero-order valence-corrected chi connectivity index (χ0v) is 12.6. The molecule has 3 rings (SSSR count). The molecule has 0 heterocycles. The highest BCUT2D eigenvalue weighted by molar-refractivity contribution is 5.79. The van der Waals surface area contributed by atoms with Gasteiger partial charge < -0.3 is 11.1 Å². The lowest BCUT2D eigenvalue weighted by molar-refractivity contribution is -0.127. The summed E-state index contributed by atoms with van der Waals surface area (Å²) in [6.45, 7) is 0.767. The summed E-state index contributed by atoms with van der Waals surface area (Å²) in [5.41, 5.74) is 6.98. The van der Waals surface area contributed by atoms with Gasteiger partial charge in [0.05, 0.1) is 6.04 Å². The summed E-state index contributed by atoms with van der Waals surface area (Å²) >= 11 is 0. The Balaban J connectivity index is 1.60. The largest absolute Gasteiger partial charge is 0.349 e. The van der Waals surface area contributed by atoms with Crippen LogP contribution in [-0.4, -0.2) is 12.5 Å². The van der Waals surface area contributed by atoms with Crippen molar-refractivity contribution in [3.8, 4) is 0 Å². The number of carbonyl (C=O) groups excluding carboxylic acids is 1. The molecule has 21 heavy (non-hydrogen) atoms. The van der Waals surface area contributed by atoms with Crippen LogP contribution >= 0.6 is 0 Å². The van der Waals surface area contributed by atoms with Crippen LogP contribution in [0.1, 0.15) is 50.1 Å². The van der Waals surface area contributed by atoms with E-state index in [0.717, 1.165) is 32.2 Å². The Morgan fingerprint density at radius 3 is 2.33 bits per heavy atom. The highest BCUT2D eigenvalue weighted by atomic mass is 16.1. The van der Waals surface area contributed by atoms with E-state index in [1.807, 2.05) is 6.07 Å². The molecule has 2 aliphatic carbocycles. The van der Waals surface area contributed by atoms with Crippen molar-refractivity contribution in [2.24, 2.45) is 23.5 Å². The van der Waals surface area contributed by atoms with Crippen LogP contribution in [0, 0.1) is 17.8 Å². The molecular formula is C18H26N2O. The molecule has 0 radical (unpaired) electrons. The van der Waals surface area contributed by atoms with Crippen molar-refractivity contribution in [1.82, 2.24) is 5.32 Å². The zero-order chi connectivity index (χ0) is 14.7. The van der Waals surface area contributed by atoms with E-state index >= 15 is 0 Å². The molecule has 1 aromatic rings. The van der Waals surface area contributed by atoms with E-state index in [1.54, 1.807) is 0 Å². The summed E-state index contributed by atoms with van der Waals surface area (Å²) in [7, 11) is 0. The molecule has 1 unspecified atom stereocenters. The van der Waals surface area contributed by atoms with E-state index in [0.29, 0.717) is 11.8 Å². The van der Waals surface area contributed by atoms with Crippen LogP contribution in [0.3, 0.4) is 0 Å². The van der Waals surface area contributed by atoms with Gasteiger partial charge in [-0.1, -0.05) is 30.3 Å². The first-order valence-electron chi connectivity index (χ1n) is 8.33. The summed E-state index contributed by atoms with van der Waals surface area (Å²) in [6, 6.07) is 10.6. The molecule has 2 fully saturated rings. The van der Waals surface area contributed by atoms with Gasteiger partial charge in [-0.2, -0.15) is 0 Å². The lowest BCUT2D eigenvalue weighted by Crippen LogP contribution is -2.37. The monoisotopic (exact) mass is 286 g/mol. The van der Waals surface area contributed by atoms with Crippen molar-refractivity contribution < 1.29 is 4.79 Å². The molecule has 1 atom stereocenters. The van der Waals surface area contributed by atoms with Crippen LogP contribution in [0.25, 0.3) is 0 Å². The summed E-state index contributed by atoms with van der Waals surface area (Å²) < 4.78 is 0. The normalized spacial score (nSPS) is 27.1. The molecule has 0 aliphatic heterocycles. The van der Waals surface area contributed by atoms with E-state index in [9.17, 15) is 4.79 Å². The standard InChI is InChI=1S/C18H26N2O/c19-12-13-6-8-16(9-7-13)18(21)20-17(15-10-11-15)14-4-2-1-3-5-14/h1-5,13,15-17H,6-12,19H2,(H,20,21). The molecule has 1 amide bonds. The van der Waals surface area contributed by atoms with Gasteiger partial charge in [-0.05, 0) is 62.5 Å². The Bertz CT molecular complexity index is 461. The third-order valence-corrected chi connectivity index (χ3v) is 5.10. The highest BCUT2D eigenvalue weighted by Gasteiger charge is 2.35. The molecule has 1 aromatic carbocycles. The molecule has 0 spiro atoms. The quantitative estimate of drug-likeness (QED) is 0.874. The van der Waals surface area contributed by atoms with Crippen LogP contribution in [0.4, 0.5) is 0 Å². The van der Waals surface area contributed by atoms with Gasteiger partial charge >= 0.3 is 0 Å². The van der Waals surface area contributed by atoms with Crippen molar-refractivity contribution in [2.45, 2.75) is 44.6 Å². The summed E-state index contributed by atoms with van der Waals surface area (Å²) in [4.78, 5) is 12.6. The summed E-state index contributed by atoms with van der Waals surface area (Å²) in [5, 5.41) is 3.33. The number of nitrogens with one attached hydrogen (secondary N) is 1. The van der Waals surface area contributed by atoms with Crippen LogP contribution in [0.2, 0.25) is 0 Å². The second-order valence-electron chi connectivity index (χ2n) is 6.69. The Hall–Kier alpha value is -1.35. The van der Waals surface area contributed by atoms with Gasteiger partial charge in [0.15, 0.2) is 0 Å². The van der Waals surface area contributed by atoms with Gasteiger partial charge in [0.1, 0.15) is 0 Å².